The number of rotatable bonds is 5. The van der Waals surface area contributed by atoms with Gasteiger partial charge in [-0.15, -0.1) is 16.8 Å². The minimum Gasteiger partial charge on any atom is -0.352 e. The Hall–Kier alpha value is -1.93. The van der Waals surface area contributed by atoms with Crippen molar-refractivity contribution in [1.29, 1.82) is 0 Å². The lowest BCUT2D eigenvalue weighted by Crippen LogP contribution is -2.25. The van der Waals surface area contributed by atoms with Gasteiger partial charge >= 0.3 is 0 Å². The van der Waals surface area contributed by atoms with Gasteiger partial charge < -0.3 is 9.88 Å². The topological polar surface area (TPSA) is 72.7 Å². The molecule has 0 radical (unpaired) electrons. The molecule has 8 heteroatoms. The molecule has 1 N–H and O–H groups in total. The van der Waals surface area contributed by atoms with E-state index >= 15 is 0 Å². The van der Waals surface area contributed by atoms with Crippen LogP contribution in [0.25, 0.3) is 22.1 Å². The summed E-state index contributed by atoms with van der Waals surface area (Å²) in [6, 6.07) is 6.00. The van der Waals surface area contributed by atoms with Gasteiger partial charge in [0.05, 0.1) is 11.3 Å². The van der Waals surface area contributed by atoms with Crippen molar-refractivity contribution in [2.24, 2.45) is 7.05 Å². The summed E-state index contributed by atoms with van der Waals surface area (Å²) in [4.78, 5) is 16.1. The minimum absolute atomic E-state index is 0.0837. The van der Waals surface area contributed by atoms with Crippen LogP contribution in [0, 0.1) is 0 Å². The standard InChI is InChI=1S/C15H14BrN5OS/c1-3-6-17-12(22)8-23-15-18-14-13(19-20-15)10-7-9(16)4-5-11(10)21(14)2/h3-5,7H,1,6,8H2,2H3,(H,17,22). The highest BCUT2D eigenvalue weighted by Crippen LogP contribution is 2.28. The van der Waals surface area contributed by atoms with Crippen LogP contribution in [0.15, 0.2) is 40.5 Å². The number of hydrogen-bond donors (Lipinski definition) is 1. The highest BCUT2D eigenvalue weighted by Gasteiger charge is 2.13. The molecule has 0 bridgehead atoms. The van der Waals surface area contributed by atoms with Crippen molar-refractivity contribution in [2.45, 2.75) is 5.16 Å². The Morgan fingerprint density at radius 2 is 2.30 bits per heavy atom. The molecule has 0 unspecified atom stereocenters. The Balaban J connectivity index is 1.90. The normalized spacial score (nSPS) is 11.0. The van der Waals surface area contributed by atoms with Gasteiger partial charge in [-0.25, -0.2) is 4.98 Å². The molecule has 0 spiro atoms. The number of nitrogens with one attached hydrogen (secondary N) is 1. The van der Waals surface area contributed by atoms with Crippen LogP contribution in [0.2, 0.25) is 0 Å². The Morgan fingerprint density at radius 1 is 1.48 bits per heavy atom. The van der Waals surface area contributed by atoms with Crippen LogP contribution < -0.4 is 5.32 Å². The van der Waals surface area contributed by atoms with Crippen LogP contribution >= 0.6 is 27.7 Å². The fourth-order valence-electron chi connectivity index (χ4n) is 2.24. The van der Waals surface area contributed by atoms with E-state index in [0.29, 0.717) is 11.7 Å². The van der Waals surface area contributed by atoms with E-state index in [2.05, 4.69) is 43.0 Å². The quantitative estimate of drug-likeness (QED) is 0.534. The van der Waals surface area contributed by atoms with Crippen LogP contribution in [0.1, 0.15) is 0 Å². The van der Waals surface area contributed by atoms with E-state index in [1.807, 2.05) is 29.8 Å². The summed E-state index contributed by atoms with van der Waals surface area (Å²) in [6.45, 7) is 4.01. The molecule has 2 aromatic heterocycles. The first-order chi connectivity index (χ1) is 11.1. The second-order valence-corrected chi connectivity index (χ2v) is 6.73. The predicted molar refractivity (Wildman–Crippen MR) is 95.4 cm³/mol. The highest BCUT2D eigenvalue weighted by atomic mass is 79.9. The number of nitrogens with zero attached hydrogens (tertiary/aromatic N) is 4. The van der Waals surface area contributed by atoms with E-state index in [9.17, 15) is 4.79 Å². The Kier molecular flexibility index (Phi) is 4.63. The first-order valence-corrected chi connectivity index (χ1v) is 8.66. The number of benzene rings is 1. The summed E-state index contributed by atoms with van der Waals surface area (Å²) in [5, 5.41) is 12.6. The lowest BCUT2D eigenvalue weighted by Gasteiger charge is -2.01. The highest BCUT2D eigenvalue weighted by molar-refractivity contribution is 9.10. The van der Waals surface area contributed by atoms with Crippen LogP contribution in [-0.2, 0) is 11.8 Å². The molecule has 23 heavy (non-hydrogen) atoms. The zero-order chi connectivity index (χ0) is 16.4. The first-order valence-electron chi connectivity index (χ1n) is 6.89. The summed E-state index contributed by atoms with van der Waals surface area (Å²) >= 11 is 4.73. The Bertz CT molecular complexity index is 908. The lowest BCUT2D eigenvalue weighted by atomic mass is 10.2. The van der Waals surface area contributed by atoms with Gasteiger partial charge in [-0.3, -0.25) is 4.79 Å². The summed E-state index contributed by atoms with van der Waals surface area (Å²) in [5.74, 6) is 0.163. The SMILES string of the molecule is C=CCNC(=O)CSc1nnc2c3cc(Br)ccc3n(C)c2n1. The maximum absolute atomic E-state index is 11.6. The Labute approximate surface area is 145 Å². The molecule has 3 rings (SSSR count). The molecule has 118 valence electrons. The molecule has 0 atom stereocenters. The summed E-state index contributed by atoms with van der Waals surface area (Å²) in [6.07, 6.45) is 1.64. The first kappa shape index (κ1) is 15.9. The van der Waals surface area contributed by atoms with Crippen molar-refractivity contribution in [3.05, 3.63) is 35.3 Å². The molecule has 0 saturated heterocycles. The van der Waals surface area contributed by atoms with E-state index in [1.54, 1.807) is 6.08 Å². The molecular formula is C15H14BrN5OS. The van der Waals surface area contributed by atoms with E-state index < -0.39 is 0 Å². The van der Waals surface area contributed by atoms with E-state index in [0.717, 1.165) is 26.5 Å². The van der Waals surface area contributed by atoms with Gasteiger partial charge in [0.25, 0.3) is 0 Å². The van der Waals surface area contributed by atoms with Crippen molar-refractivity contribution >= 4 is 55.7 Å². The summed E-state index contributed by atoms with van der Waals surface area (Å²) in [7, 11) is 1.94. The third-order valence-electron chi connectivity index (χ3n) is 3.32. The summed E-state index contributed by atoms with van der Waals surface area (Å²) < 4.78 is 2.96. The molecule has 2 heterocycles. The van der Waals surface area contributed by atoms with Gasteiger partial charge in [0.15, 0.2) is 5.65 Å². The molecule has 0 aliphatic heterocycles. The van der Waals surface area contributed by atoms with Crippen molar-refractivity contribution in [1.82, 2.24) is 25.1 Å². The fourth-order valence-corrected chi connectivity index (χ4v) is 3.22. The van der Waals surface area contributed by atoms with Crippen molar-refractivity contribution < 1.29 is 4.79 Å². The summed E-state index contributed by atoms with van der Waals surface area (Å²) in [5.41, 5.74) is 2.54. The number of carbonyl (C=O) groups excluding carboxylic acids is 1. The van der Waals surface area contributed by atoms with Crippen LogP contribution in [0.3, 0.4) is 0 Å². The van der Waals surface area contributed by atoms with Gasteiger partial charge in [-0.2, -0.15) is 0 Å². The number of thioether (sulfide) groups is 1. The molecule has 0 aliphatic rings. The number of aryl methyl sites for hydroxylation is 1. The smallest absolute Gasteiger partial charge is 0.230 e. The number of carbonyl (C=O) groups is 1. The second kappa shape index (κ2) is 6.67. The van der Waals surface area contributed by atoms with E-state index in [4.69, 9.17) is 0 Å². The van der Waals surface area contributed by atoms with Gasteiger partial charge in [0.2, 0.25) is 11.1 Å². The van der Waals surface area contributed by atoms with Crippen LogP contribution in [0.4, 0.5) is 0 Å². The Morgan fingerprint density at radius 3 is 3.09 bits per heavy atom. The average Bonchev–Trinajstić information content (AvgIpc) is 2.83. The second-order valence-electron chi connectivity index (χ2n) is 4.87. The maximum Gasteiger partial charge on any atom is 0.230 e. The molecular weight excluding hydrogens is 378 g/mol. The lowest BCUT2D eigenvalue weighted by molar-refractivity contribution is -0.118. The molecule has 1 aromatic carbocycles. The molecule has 0 fully saturated rings. The van der Waals surface area contributed by atoms with Crippen LogP contribution in [0.5, 0.6) is 0 Å². The molecule has 1 amide bonds. The number of hydrogen-bond acceptors (Lipinski definition) is 5. The number of halogens is 1. The number of aromatic nitrogens is 4. The maximum atomic E-state index is 11.6. The van der Waals surface area contributed by atoms with Gasteiger partial charge in [0.1, 0.15) is 5.52 Å². The number of amides is 1. The molecule has 0 saturated carbocycles. The van der Waals surface area contributed by atoms with Crippen LogP contribution in [-0.4, -0.2) is 38.0 Å². The van der Waals surface area contributed by atoms with Gasteiger partial charge in [-0.1, -0.05) is 33.8 Å². The molecule has 0 aliphatic carbocycles. The fraction of sp³-hybridized carbons (Fsp3) is 0.200. The monoisotopic (exact) mass is 391 g/mol. The van der Waals surface area contributed by atoms with E-state index in [-0.39, 0.29) is 11.7 Å². The third-order valence-corrected chi connectivity index (χ3v) is 4.65. The van der Waals surface area contributed by atoms with Gasteiger partial charge in [-0.05, 0) is 18.2 Å². The van der Waals surface area contributed by atoms with Gasteiger partial charge in [0, 0.05) is 23.5 Å². The minimum atomic E-state index is -0.0837. The number of fused-ring (bicyclic) bond motifs is 3. The predicted octanol–water partition coefficient (Wildman–Crippen LogP) is 2.67. The zero-order valence-corrected chi connectivity index (χ0v) is 14.8. The average molecular weight is 392 g/mol. The molecule has 6 nitrogen and oxygen atoms in total. The van der Waals surface area contributed by atoms with E-state index in [1.165, 1.54) is 11.8 Å². The van der Waals surface area contributed by atoms with Crippen molar-refractivity contribution in [2.75, 3.05) is 12.3 Å². The molecule has 3 aromatic rings. The van der Waals surface area contributed by atoms with Crippen molar-refractivity contribution in [3.8, 4) is 0 Å². The largest absolute Gasteiger partial charge is 0.352 e. The third kappa shape index (κ3) is 3.23. The zero-order valence-electron chi connectivity index (χ0n) is 12.4. The van der Waals surface area contributed by atoms with Crippen molar-refractivity contribution in [3.63, 3.8) is 0 Å².